The first-order valence-corrected chi connectivity index (χ1v) is 11.8. The van der Waals surface area contributed by atoms with Gasteiger partial charge in [0.1, 0.15) is 22.6 Å². The number of nitrogens with one attached hydrogen (secondary N) is 1. The van der Waals surface area contributed by atoms with Crippen LogP contribution in [-0.4, -0.2) is 27.0 Å². The summed E-state index contributed by atoms with van der Waals surface area (Å²) >= 11 is 1.58. The molecule has 0 saturated carbocycles. The number of para-hydroxylation sites is 1. The molecule has 0 bridgehead atoms. The van der Waals surface area contributed by atoms with Gasteiger partial charge in [-0.25, -0.2) is 8.42 Å². The van der Waals surface area contributed by atoms with Crippen molar-refractivity contribution in [3.8, 4) is 16.9 Å². The molecule has 0 aliphatic carbocycles. The molecule has 0 fully saturated rings. The van der Waals surface area contributed by atoms with Crippen LogP contribution in [0.1, 0.15) is 16.0 Å². The topological polar surface area (TPSA) is 72.5 Å². The monoisotopic (exact) mass is 439 g/mol. The SMILES string of the molecule is O=C(/C=C/c1cccs1)NCC1Cc2cccc(-c3ccc(C[SH](=O)=O)cc3)c2O1. The fourth-order valence-electron chi connectivity index (χ4n) is 3.44. The second-order valence-corrected chi connectivity index (χ2v) is 8.98. The van der Waals surface area contributed by atoms with Gasteiger partial charge in [-0.05, 0) is 34.2 Å². The molecule has 0 radical (unpaired) electrons. The van der Waals surface area contributed by atoms with E-state index in [4.69, 9.17) is 4.74 Å². The van der Waals surface area contributed by atoms with Gasteiger partial charge in [-0.15, -0.1) is 11.3 Å². The molecule has 5 nitrogen and oxygen atoms in total. The van der Waals surface area contributed by atoms with Crippen molar-refractivity contribution >= 4 is 34.0 Å². The zero-order valence-corrected chi connectivity index (χ0v) is 17.8. The first kappa shape index (κ1) is 20.4. The van der Waals surface area contributed by atoms with Crippen LogP contribution >= 0.6 is 11.3 Å². The Morgan fingerprint density at radius 1 is 1.13 bits per heavy atom. The van der Waals surface area contributed by atoms with Gasteiger partial charge >= 0.3 is 0 Å². The fraction of sp³-hybridized carbons (Fsp3) is 0.174. The second kappa shape index (κ2) is 9.28. The van der Waals surface area contributed by atoms with E-state index in [0.29, 0.717) is 6.54 Å². The molecule has 2 heterocycles. The molecule has 1 amide bonds. The second-order valence-electron chi connectivity index (χ2n) is 7.02. The number of hydrogen-bond donors (Lipinski definition) is 2. The van der Waals surface area contributed by atoms with Crippen molar-refractivity contribution in [3.05, 3.63) is 82.1 Å². The average molecular weight is 440 g/mol. The minimum Gasteiger partial charge on any atom is -0.487 e. The highest BCUT2D eigenvalue weighted by atomic mass is 32.2. The van der Waals surface area contributed by atoms with E-state index in [2.05, 4.69) is 5.32 Å². The van der Waals surface area contributed by atoms with E-state index in [9.17, 15) is 13.2 Å². The number of amides is 1. The highest BCUT2D eigenvalue weighted by Crippen LogP contribution is 2.38. The van der Waals surface area contributed by atoms with Crippen LogP contribution in [0.15, 0.2) is 66.1 Å². The standard InChI is InChI=1S/C23H21NO4S2/c25-22(11-10-20-4-2-12-29-20)24-14-19-13-18-3-1-5-21(23(18)28-19)17-8-6-16(7-9-17)15-30(26)27/h1-12,19,30H,13-15H2,(H,24,25)/b11-10+. The number of carbonyl (C=O) groups excluding carboxylic acids is 1. The first-order valence-electron chi connectivity index (χ1n) is 9.57. The molecule has 30 heavy (non-hydrogen) atoms. The van der Waals surface area contributed by atoms with E-state index in [0.717, 1.165) is 39.3 Å². The van der Waals surface area contributed by atoms with Crippen LogP contribution in [0.3, 0.4) is 0 Å². The minimum atomic E-state index is -2.44. The predicted molar refractivity (Wildman–Crippen MR) is 120 cm³/mol. The normalized spacial score (nSPS) is 15.3. The number of ether oxygens (including phenoxy) is 1. The van der Waals surface area contributed by atoms with Crippen LogP contribution in [-0.2, 0) is 27.7 Å². The van der Waals surface area contributed by atoms with Crippen molar-refractivity contribution in [1.82, 2.24) is 5.32 Å². The molecule has 1 aliphatic rings. The molecule has 1 aliphatic heterocycles. The molecule has 3 aromatic rings. The van der Waals surface area contributed by atoms with E-state index in [1.165, 1.54) is 6.08 Å². The number of fused-ring (bicyclic) bond motifs is 1. The molecule has 1 N–H and O–H groups in total. The molecule has 154 valence electrons. The van der Waals surface area contributed by atoms with Gasteiger partial charge in [0.05, 0.1) is 12.3 Å². The fourth-order valence-corrected chi connectivity index (χ4v) is 4.56. The molecule has 1 unspecified atom stereocenters. The third-order valence-corrected chi connectivity index (χ3v) is 6.31. The summed E-state index contributed by atoms with van der Waals surface area (Å²) in [5.41, 5.74) is 3.81. The maximum Gasteiger partial charge on any atom is 0.244 e. The summed E-state index contributed by atoms with van der Waals surface area (Å²) in [7, 11) is -2.44. The zero-order chi connectivity index (χ0) is 20.9. The molecule has 2 aromatic carbocycles. The lowest BCUT2D eigenvalue weighted by molar-refractivity contribution is -0.116. The summed E-state index contributed by atoms with van der Waals surface area (Å²) in [5.74, 6) is 0.728. The summed E-state index contributed by atoms with van der Waals surface area (Å²) in [6, 6.07) is 17.4. The van der Waals surface area contributed by atoms with Crippen molar-refractivity contribution in [1.29, 1.82) is 0 Å². The Bertz CT molecular complexity index is 1120. The number of carbonyl (C=O) groups is 1. The number of thiophene rings is 1. The number of hydrogen-bond acceptors (Lipinski definition) is 5. The molecule has 0 spiro atoms. The van der Waals surface area contributed by atoms with Gasteiger partial charge in [-0.2, -0.15) is 0 Å². The zero-order valence-electron chi connectivity index (χ0n) is 16.1. The minimum absolute atomic E-state index is 0.0434. The van der Waals surface area contributed by atoms with Crippen LogP contribution in [0.25, 0.3) is 17.2 Å². The van der Waals surface area contributed by atoms with Crippen LogP contribution in [0.4, 0.5) is 0 Å². The Balaban J connectivity index is 1.40. The summed E-state index contributed by atoms with van der Waals surface area (Å²) in [6.07, 6.45) is 3.95. The molecular formula is C23H21NO4S2. The lowest BCUT2D eigenvalue weighted by Gasteiger charge is -2.13. The van der Waals surface area contributed by atoms with Crippen LogP contribution < -0.4 is 10.1 Å². The Labute approximate surface area is 181 Å². The third-order valence-electron chi connectivity index (χ3n) is 4.85. The van der Waals surface area contributed by atoms with Gasteiger partial charge in [-0.3, -0.25) is 4.79 Å². The van der Waals surface area contributed by atoms with E-state index in [-0.39, 0.29) is 17.8 Å². The van der Waals surface area contributed by atoms with Gasteiger partial charge in [0, 0.05) is 22.9 Å². The Morgan fingerprint density at radius 3 is 2.70 bits per heavy atom. The molecule has 1 atom stereocenters. The maximum absolute atomic E-state index is 12.1. The third kappa shape index (κ3) is 4.98. The first-order chi connectivity index (χ1) is 14.6. The van der Waals surface area contributed by atoms with Gasteiger partial charge in [-0.1, -0.05) is 48.5 Å². The van der Waals surface area contributed by atoms with Crippen molar-refractivity contribution in [2.75, 3.05) is 6.54 Å². The maximum atomic E-state index is 12.1. The summed E-state index contributed by atoms with van der Waals surface area (Å²) < 4.78 is 28.0. The van der Waals surface area contributed by atoms with Crippen molar-refractivity contribution in [2.45, 2.75) is 18.3 Å². The summed E-state index contributed by atoms with van der Waals surface area (Å²) in [5, 5.41) is 4.87. The van der Waals surface area contributed by atoms with E-state index in [1.54, 1.807) is 17.4 Å². The van der Waals surface area contributed by atoms with Crippen LogP contribution in [0.5, 0.6) is 5.75 Å². The van der Waals surface area contributed by atoms with E-state index >= 15 is 0 Å². The molecule has 1 aromatic heterocycles. The number of rotatable bonds is 7. The van der Waals surface area contributed by atoms with Gasteiger partial charge in [0.25, 0.3) is 0 Å². The highest BCUT2D eigenvalue weighted by Gasteiger charge is 2.25. The van der Waals surface area contributed by atoms with Crippen LogP contribution in [0, 0.1) is 0 Å². The van der Waals surface area contributed by atoms with Gasteiger partial charge in [0.2, 0.25) is 5.91 Å². The summed E-state index contributed by atoms with van der Waals surface area (Å²) in [4.78, 5) is 13.1. The van der Waals surface area contributed by atoms with Crippen molar-refractivity contribution in [3.63, 3.8) is 0 Å². The largest absolute Gasteiger partial charge is 0.487 e. The van der Waals surface area contributed by atoms with Crippen molar-refractivity contribution in [2.24, 2.45) is 0 Å². The quantitative estimate of drug-likeness (QED) is 0.435. The van der Waals surface area contributed by atoms with Crippen molar-refractivity contribution < 1.29 is 17.9 Å². The number of benzene rings is 2. The Kier molecular flexibility index (Phi) is 6.30. The predicted octanol–water partition coefficient (Wildman–Crippen LogP) is 3.66. The summed E-state index contributed by atoms with van der Waals surface area (Å²) in [6.45, 7) is 0.428. The highest BCUT2D eigenvalue weighted by molar-refractivity contribution is 7.71. The lowest BCUT2D eigenvalue weighted by Crippen LogP contribution is -2.33. The molecular weight excluding hydrogens is 418 g/mol. The van der Waals surface area contributed by atoms with Gasteiger partial charge < -0.3 is 10.1 Å². The average Bonchev–Trinajstić information content (AvgIpc) is 3.40. The number of thiol groups is 1. The van der Waals surface area contributed by atoms with Crippen LogP contribution in [0.2, 0.25) is 0 Å². The molecule has 0 saturated heterocycles. The molecule has 4 rings (SSSR count). The van der Waals surface area contributed by atoms with E-state index in [1.807, 2.05) is 60.0 Å². The van der Waals surface area contributed by atoms with E-state index < -0.39 is 10.7 Å². The molecule has 7 heteroatoms. The Morgan fingerprint density at radius 2 is 1.97 bits per heavy atom. The lowest BCUT2D eigenvalue weighted by atomic mass is 10.00. The smallest absolute Gasteiger partial charge is 0.244 e. The Hall–Kier alpha value is -2.90. The van der Waals surface area contributed by atoms with Gasteiger partial charge in [0.15, 0.2) is 0 Å².